The molecule has 2 aliphatic heterocycles. The highest BCUT2D eigenvalue weighted by Gasteiger charge is 2.45. The topological polar surface area (TPSA) is 52.7 Å². The number of hydrogen-bond donors (Lipinski definition) is 1. The lowest BCUT2D eigenvalue weighted by atomic mass is 9.85. The van der Waals surface area contributed by atoms with Gasteiger partial charge in [-0.15, -0.1) is 0 Å². The molecule has 3 aliphatic rings. The third-order valence-corrected chi connectivity index (χ3v) is 9.62. The average Bonchev–Trinajstić information content (AvgIpc) is 2.60. The lowest BCUT2D eigenvalue weighted by Crippen LogP contribution is -2.55. The molecule has 5 nitrogen and oxygen atoms in total. The number of nitrogens with zero attached hydrogens (tertiary/aromatic N) is 2. The predicted molar refractivity (Wildman–Crippen MR) is 146 cm³/mol. The van der Waals surface area contributed by atoms with Gasteiger partial charge in [0.25, 0.3) is 5.91 Å². The number of allylic oxidation sites excluding steroid dienone is 3. The van der Waals surface area contributed by atoms with Crippen molar-refractivity contribution in [3.8, 4) is 0 Å². The number of carbonyl (C=O) groups is 2. The van der Waals surface area contributed by atoms with Crippen LogP contribution in [0.2, 0.25) is 0 Å². The molecule has 4 unspecified atom stereocenters. The molecule has 2 amide bonds. The van der Waals surface area contributed by atoms with Crippen LogP contribution in [0.1, 0.15) is 46.5 Å². The van der Waals surface area contributed by atoms with Gasteiger partial charge in [0.2, 0.25) is 5.91 Å². The van der Waals surface area contributed by atoms with Crippen molar-refractivity contribution < 1.29 is 9.59 Å². The van der Waals surface area contributed by atoms with Crippen molar-refractivity contribution in [1.29, 1.82) is 0 Å². The molecule has 28 heavy (non-hydrogen) atoms. The quantitative estimate of drug-likeness (QED) is 0.187. The molecular formula is C19H25I4N3O2. The first kappa shape index (κ1) is 24.0. The van der Waals surface area contributed by atoms with Gasteiger partial charge in [0, 0.05) is 34.3 Å². The number of alkyl halides is 2. The highest BCUT2D eigenvalue weighted by atomic mass is 127. The Morgan fingerprint density at radius 1 is 1.39 bits per heavy atom. The van der Waals surface area contributed by atoms with Crippen molar-refractivity contribution in [2.75, 3.05) is 6.54 Å². The summed E-state index contributed by atoms with van der Waals surface area (Å²) in [7, 11) is 0. The monoisotopic (exact) mass is 835 g/mol. The molecule has 1 fully saturated rings. The summed E-state index contributed by atoms with van der Waals surface area (Å²) in [6.07, 6.45) is 5.61. The Bertz CT molecular complexity index is 727. The first-order valence-electron chi connectivity index (χ1n) is 9.51. The zero-order chi connectivity index (χ0) is 20.8. The Hall–Kier alpha value is 1.30. The van der Waals surface area contributed by atoms with Crippen LogP contribution in [-0.4, -0.2) is 45.9 Å². The highest BCUT2D eigenvalue weighted by Crippen LogP contribution is 2.46. The maximum Gasteiger partial charge on any atom is 0.251 e. The molecule has 2 heterocycles. The molecule has 156 valence electrons. The fraction of sp³-hybridized carbons (Fsp3) is 0.684. The van der Waals surface area contributed by atoms with Crippen molar-refractivity contribution in [3.63, 3.8) is 0 Å². The van der Waals surface area contributed by atoms with Crippen LogP contribution in [-0.2, 0) is 9.59 Å². The summed E-state index contributed by atoms with van der Waals surface area (Å²) in [5, 5.41) is 3.52. The summed E-state index contributed by atoms with van der Waals surface area (Å²) in [6, 6.07) is 0.394. The second-order valence-corrected chi connectivity index (χ2v) is 14.3. The van der Waals surface area contributed by atoms with Crippen molar-refractivity contribution in [2.24, 2.45) is 5.92 Å². The first-order valence-corrected chi connectivity index (χ1v) is 13.9. The van der Waals surface area contributed by atoms with Crippen LogP contribution < -0.4 is 5.32 Å². The van der Waals surface area contributed by atoms with Crippen LogP contribution >= 0.6 is 90.6 Å². The summed E-state index contributed by atoms with van der Waals surface area (Å²) >= 11 is 9.13. The van der Waals surface area contributed by atoms with Gasteiger partial charge in [-0.05, 0) is 74.3 Å². The van der Waals surface area contributed by atoms with E-state index in [1.807, 2.05) is 6.92 Å². The van der Waals surface area contributed by atoms with Gasteiger partial charge in [-0.3, -0.25) is 12.7 Å². The standard InChI is InChI=1S/C19H25I4N3O2/c1-10(2)25(12-4-5-16(21)24-9-12)17(27)13-7-15-11(6-14(13)20)8-19(3,22)18(28)26(15)23/h6,10,12-13,16,24H,4-5,7-9H2,1-3H3. The van der Waals surface area contributed by atoms with Gasteiger partial charge in [0.05, 0.1) is 32.8 Å². The minimum absolute atomic E-state index is 0.120. The molecule has 0 aromatic carbocycles. The highest BCUT2D eigenvalue weighted by molar-refractivity contribution is 14.1. The number of amides is 2. The van der Waals surface area contributed by atoms with E-state index in [9.17, 15) is 9.59 Å². The molecule has 9 heteroatoms. The SMILES string of the molecule is CC(C)N(C(=O)C1CC2=C(C=C1I)CC(C)(I)C(=O)N2I)C1CCC(I)NC1. The maximum atomic E-state index is 13.6. The summed E-state index contributed by atoms with van der Waals surface area (Å²) in [5.74, 6) is 0.123. The summed E-state index contributed by atoms with van der Waals surface area (Å²) in [6.45, 7) is 7.05. The van der Waals surface area contributed by atoms with E-state index >= 15 is 0 Å². The summed E-state index contributed by atoms with van der Waals surface area (Å²) in [5.41, 5.74) is 2.21. The second-order valence-electron chi connectivity index (χ2n) is 8.16. The molecule has 1 aliphatic carbocycles. The Morgan fingerprint density at radius 2 is 2.07 bits per heavy atom. The predicted octanol–water partition coefficient (Wildman–Crippen LogP) is 5.11. The lowest BCUT2D eigenvalue weighted by Gasteiger charge is -2.43. The van der Waals surface area contributed by atoms with Crippen molar-refractivity contribution in [1.82, 2.24) is 13.3 Å². The number of piperidine rings is 1. The van der Waals surface area contributed by atoms with Crippen molar-refractivity contribution >= 4 is 102 Å². The third kappa shape index (κ3) is 4.87. The number of hydrogen-bond acceptors (Lipinski definition) is 3. The van der Waals surface area contributed by atoms with Gasteiger partial charge in [-0.2, -0.15) is 0 Å². The number of halogens is 4. The van der Waals surface area contributed by atoms with Gasteiger partial charge in [-0.25, -0.2) is 0 Å². The minimum Gasteiger partial charge on any atom is -0.335 e. The molecule has 1 N–H and O–H groups in total. The first-order chi connectivity index (χ1) is 13.0. The van der Waals surface area contributed by atoms with Gasteiger partial charge >= 0.3 is 0 Å². The van der Waals surface area contributed by atoms with E-state index in [4.69, 9.17) is 0 Å². The average molecular weight is 835 g/mol. The number of carbonyl (C=O) groups excluding carboxylic acids is 2. The molecule has 0 bridgehead atoms. The second kappa shape index (κ2) is 9.43. The summed E-state index contributed by atoms with van der Waals surface area (Å²) in [4.78, 5) is 28.5. The summed E-state index contributed by atoms with van der Waals surface area (Å²) < 4.78 is 2.92. The van der Waals surface area contributed by atoms with E-state index in [0.717, 1.165) is 35.1 Å². The van der Waals surface area contributed by atoms with Gasteiger partial charge in [0.15, 0.2) is 0 Å². The third-order valence-electron chi connectivity index (χ3n) is 5.63. The van der Waals surface area contributed by atoms with Crippen LogP contribution in [0.4, 0.5) is 0 Å². The zero-order valence-electron chi connectivity index (χ0n) is 16.1. The van der Waals surface area contributed by atoms with Gasteiger partial charge in [-0.1, -0.05) is 45.2 Å². The minimum atomic E-state index is -0.421. The largest absolute Gasteiger partial charge is 0.335 e. The smallest absolute Gasteiger partial charge is 0.251 e. The number of nitrogens with one attached hydrogen (secondary N) is 1. The van der Waals surface area contributed by atoms with E-state index in [0.29, 0.717) is 10.5 Å². The van der Waals surface area contributed by atoms with E-state index in [-0.39, 0.29) is 29.8 Å². The molecular weight excluding hydrogens is 810 g/mol. The van der Waals surface area contributed by atoms with Crippen LogP contribution in [0, 0.1) is 5.92 Å². The van der Waals surface area contributed by atoms with Gasteiger partial charge in [0.1, 0.15) is 3.42 Å². The van der Waals surface area contributed by atoms with Crippen molar-refractivity contribution in [2.45, 2.75) is 66.0 Å². The van der Waals surface area contributed by atoms with Crippen LogP contribution in [0.15, 0.2) is 20.9 Å². The van der Waals surface area contributed by atoms with E-state index in [1.54, 1.807) is 3.11 Å². The fourth-order valence-corrected chi connectivity index (χ4v) is 7.81. The Labute approximate surface area is 222 Å². The van der Waals surface area contributed by atoms with Gasteiger partial charge < -0.3 is 10.2 Å². The molecule has 1 saturated heterocycles. The molecule has 0 saturated carbocycles. The zero-order valence-corrected chi connectivity index (χ0v) is 24.8. The van der Waals surface area contributed by atoms with Crippen LogP contribution in [0.3, 0.4) is 0 Å². The lowest BCUT2D eigenvalue weighted by molar-refractivity contribution is -0.139. The fourth-order valence-electron chi connectivity index (χ4n) is 4.18. The Balaban J connectivity index is 1.84. The Kier molecular flexibility index (Phi) is 8.06. The van der Waals surface area contributed by atoms with Crippen LogP contribution in [0.5, 0.6) is 0 Å². The Morgan fingerprint density at radius 3 is 2.64 bits per heavy atom. The van der Waals surface area contributed by atoms with E-state index < -0.39 is 3.42 Å². The van der Waals surface area contributed by atoms with Crippen molar-refractivity contribution in [3.05, 3.63) is 20.9 Å². The molecule has 0 spiro atoms. The van der Waals surface area contributed by atoms with E-state index in [2.05, 4.69) is 121 Å². The molecule has 0 aromatic heterocycles. The molecule has 0 aromatic rings. The van der Waals surface area contributed by atoms with E-state index in [1.165, 1.54) is 5.57 Å². The molecule has 4 atom stereocenters. The normalized spacial score (nSPS) is 33.7. The number of rotatable bonds is 3. The molecule has 0 radical (unpaired) electrons. The maximum absolute atomic E-state index is 13.6. The van der Waals surface area contributed by atoms with Crippen LogP contribution in [0.25, 0.3) is 0 Å². The molecule has 3 rings (SSSR count).